The minimum absolute atomic E-state index is 0.200. The van der Waals surface area contributed by atoms with Crippen LogP contribution in [0, 0.1) is 11.3 Å². The maximum absolute atomic E-state index is 12.6. The third kappa shape index (κ3) is 1.84. The van der Waals surface area contributed by atoms with E-state index in [1.165, 1.54) is 4.90 Å². The molecule has 0 atom stereocenters. The number of benzene rings is 1. The molecular formula is C14H14N4O2. The second kappa shape index (κ2) is 4.62. The van der Waals surface area contributed by atoms with Gasteiger partial charge in [-0.05, 0) is 50.2 Å². The SMILES string of the molecule is N#Cc1ccc(N2C(=O)NC3(CCNCC3)C2=O)cc1. The fraction of sp³-hybridized carbons (Fsp3) is 0.357. The molecule has 2 saturated heterocycles. The Kier molecular flexibility index (Phi) is 2.92. The van der Waals surface area contributed by atoms with Crippen LogP contribution in [-0.2, 0) is 4.79 Å². The van der Waals surface area contributed by atoms with Crippen molar-refractivity contribution >= 4 is 17.6 Å². The molecule has 0 aliphatic carbocycles. The van der Waals surface area contributed by atoms with E-state index < -0.39 is 5.54 Å². The highest BCUT2D eigenvalue weighted by atomic mass is 16.2. The van der Waals surface area contributed by atoms with Gasteiger partial charge in [0.15, 0.2) is 0 Å². The topological polar surface area (TPSA) is 85.2 Å². The lowest BCUT2D eigenvalue weighted by Gasteiger charge is -2.31. The van der Waals surface area contributed by atoms with Gasteiger partial charge in [-0.1, -0.05) is 0 Å². The number of nitrogens with zero attached hydrogens (tertiary/aromatic N) is 2. The summed E-state index contributed by atoms with van der Waals surface area (Å²) in [6.07, 6.45) is 1.20. The van der Waals surface area contributed by atoms with Crippen LogP contribution >= 0.6 is 0 Å². The molecular weight excluding hydrogens is 256 g/mol. The number of urea groups is 1. The number of hydrogen-bond donors (Lipinski definition) is 2. The molecule has 0 saturated carbocycles. The molecule has 0 radical (unpaired) electrons. The van der Waals surface area contributed by atoms with E-state index >= 15 is 0 Å². The highest BCUT2D eigenvalue weighted by molar-refractivity contribution is 6.23. The maximum Gasteiger partial charge on any atom is 0.329 e. The molecule has 0 aromatic heterocycles. The van der Waals surface area contributed by atoms with Crippen molar-refractivity contribution in [3.63, 3.8) is 0 Å². The van der Waals surface area contributed by atoms with Crippen LogP contribution in [0.2, 0.25) is 0 Å². The number of anilines is 1. The lowest BCUT2D eigenvalue weighted by atomic mass is 9.88. The summed E-state index contributed by atoms with van der Waals surface area (Å²) in [5.74, 6) is -0.200. The Bertz CT molecular complexity index is 597. The molecule has 1 aromatic carbocycles. The van der Waals surface area contributed by atoms with Gasteiger partial charge in [-0.15, -0.1) is 0 Å². The summed E-state index contributed by atoms with van der Waals surface area (Å²) in [5.41, 5.74) is 0.232. The second-order valence-electron chi connectivity index (χ2n) is 5.06. The maximum atomic E-state index is 12.6. The van der Waals surface area contributed by atoms with E-state index in [1.54, 1.807) is 24.3 Å². The van der Waals surface area contributed by atoms with Crippen molar-refractivity contribution in [2.75, 3.05) is 18.0 Å². The zero-order valence-electron chi connectivity index (χ0n) is 10.8. The predicted molar refractivity (Wildman–Crippen MR) is 72.0 cm³/mol. The monoisotopic (exact) mass is 270 g/mol. The molecule has 2 heterocycles. The van der Waals surface area contributed by atoms with Crippen LogP contribution in [-0.4, -0.2) is 30.6 Å². The Morgan fingerprint density at radius 3 is 2.40 bits per heavy atom. The molecule has 102 valence electrons. The summed E-state index contributed by atoms with van der Waals surface area (Å²) in [7, 11) is 0. The lowest BCUT2D eigenvalue weighted by Crippen LogP contribution is -2.53. The summed E-state index contributed by atoms with van der Waals surface area (Å²) < 4.78 is 0. The van der Waals surface area contributed by atoms with Crippen LogP contribution in [0.15, 0.2) is 24.3 Å². The van der Waals surface area contributed by atoms with Crippen molar-refractivity contribution in [2.24, 2.45) is 0 Å². The molecule has 2 aliphatic heterocycles. The molecule has 2 aliphatic rings. The number of hydrogen-bond acceptors (Lipinski definition) is 4. The van der Waals surface area contributed by atoms with Gasteiger partial charge < -0.3 is 10.6 Å². The van der Waals surface area contributed by atoms with E-state index in [9.17, 15) is 9.59 Å². The number of nitrogens with one attached hydrogen (secondary N) is 2. The number of piperidine rings is 1. The molecule has 1 aromatic rings. The normalized spacial score (nSPS) is 20.9. The Morgan fingerprint density at radius 2 is 1.80 bits per heavy atom. The number of carbonyl (C=O) groups is 2. The molecule has 0 bridgehead atoms. The summed E-state index contributed by atoms with van der Waals surface area (Å²) in [6, 6.07) is 8.07. The van der Waals surface area contributed by atoms with Crippen LogP contribution in [0.3, 0.4) is 0 Å². The van der Waals surface area contributed by atoms with Gasteiger partial charge in [0.2, 0.25) is 0 Å². The minimum Gasteiger partial charge on any atom is -0.323 e. The van der Waals surface area contributed by atoms with Crippen molar-refractivity contribution in [1.29, 1.82) is 5.26 Å². The van der Waals surface area contributed by atoms with Gasteiger partial charge in [-0.3, -0.25) is 4.79 Å². The molecule has 3 rings (SSSR count). The van der Waals surface area contributed by atoms with Crippen LogP contribution in [0.4, 0.5) is 10.5 Å². The average molecular weight is 270 g/mol. The summed E-state index contributed by atoms with van der Waals surface area (Å²) >= 11 is 0. The van der Waals surface area contributed by atoms with E-state index in [1.807, 2.05) is 6.07 Å². The van der Waals surface area contributed by atoms with Gasteiger partial charge in [-0.25, -0.2) is 9.69 Å². The van der Waals surface area contributed by atoms with Crippen LogP contribution in [0.25, 0.3) is 0 Å². The first-order valence-corrected chi connectivity index (χ1v) is 6.54. The first-order valence-electron chi connectivity index (χ1n) is 6.54. The first-order chi connectivity index (χ1) is 9.66. The average Bonchev–Trinajstić information content (AvgIpc) is 2.71. The summed E-state index contributed by atoms with van der Waals surface area (Å²) in [5, 5.41) is 14.8. The molecule has 20 heavy (non-hydrogen) atoms. The summed E-state index contributed by atoms with van der Waals surface area (Å²) in [6.45, 7) is 1.43. The fourth-order valence-electron chi connectivity index (χ4n) is 2.73. The van der Waals surface area contributed by atoms with E-state index in [0.717, 1.165) is 0 Å². The van der Waals surface area contributed by atoms with E-state index in [4.69, 9.17) is 5.26 Å². The standard InChI is InChI=1S/C14H14N4O2/c15-9-10-1-3-11(4-2-10)18-12(19)14(17-13(18)20)5-7-16-8-6-14/h1-4,16H,5-8H2,(H,17,20). The van der Waals surface area contributed by atoms with Crippen LogP contribution in [0.5, 0.6) is 0 Å². The van der Waals surface area contributed by atoms with Crippen molar-refractivity contribution in [3.8, 4) is 6.07 Å². The largest absolute Gasteiger partial charge is 0.329 e. The number of nitriles is 1. The van der Waals surface area contributed by atoms with Crippen molar-refractivity contribution < 1.29 is 9.59 Å². The molecule has 2 N–H and O–H groups in total. The smallest absolute Gasteiger partial charge is 0.323 e. The van der Waals surface area contributed by atoms with Crippen LogP contribution in [0.1, 0.15) is 18.4 Å². The highest BCUT2D eigenvalue weighted by Crippen LogP contribution is 2.30. The fourth-order valence-corrected chi connectivity index (χ4v) is 2.73. The molecule has 3 amide bonds. The van der Waals surface area contributed by atoms with Gasteiger partial charge in [0.05, 0.1) is 17.3 Å². The predicted octanol–water partition coefficient (Wildman–Crippen LogP) is 0.737. The zero-order valence-corrected chi connectivity index (χ0v) is 10.8. The number of carbonyl (C=O) groups excluding carboxylic acids is 2. The number of rotatable bonds is 1. The Labute approximate surface area is 116 Å². The molecule has 6 nitrogen and oxygen atoms in total. The highest BCUT2D eigenvalue weighted by Gasteiger charge is 2.51. The van der Waals surface area contributed by atoms with Gasteiger partial charge >= 0.3 is 6.03 Å². The number of amides is 3. The quantitative estimate of drug-likeness (QED) is 0.737. The summed E-state index contributed by atoms with van der Waals surface area (Å²) in [4.78, 5) is 25.9. The van der Waals surface area contributed by atoms with Gasteiger partial charge in [0.1, 0.15) is 5.54 Å². The van der Waals surface area contributed by atoms with Crippen molar-refractivity contribution in [3.05, 3.63) is 29.8 Å². The van der Waals surface area contributed by atoms with Gasteiger partial charge in [0, 0.05) is 0 Å². The first kappa shape index (κ1) is 12.6. The third-order valence-electron chi connectivity index (χ3n) is 3.87. The molecule has 0 unspecified atom stereocenters. The minimum atomic E-state index is -0.768. The van der Waals surface area contributed by atoms with E-state index in [2.05, 4.69) is 10.6 Å². The lowest BCUT2D eigenvalue weighted by molar-refractivity contribution is -0.122. The van der Waals surface area contributed by atoms with Gasteiger partial charge in [-0.2, -0.15) is 5.26 Å². The Hall–Kier alpha value is -2.39. The Morgan fingerprint density at radius 1 is 1.15 bits per heavy atom. The van der Waals surface area contributed by atoms with Crippen LogP contribution < -0.4 is 15.5 Å². The second-order valence-corrected chi connectivity index (χ2v) is 5.06. The third-order valence-corrected chi connectivity index (χ3v) is 3.87. The molecule has 2 fully saturated rings. The Balaban J connectivity index is 1.92. The molecule has 6 heteroatoms. The van der Waals surface area contributed by atoms with Crippen molar-refractivity contribution in [1.82, 2.24) is 10.6 Å². The van der Waals surface area contributed by atoms with Gasteiger partial charge in [0.25, 0.3) is 5.91 Å². The molecule has 1 spiro atoms. The van der Waals surface area contributed by atoms with Crippen molar-refractivity contribution in [2.45, 2.75) is 18.4 Å². The van der Waals surface area contributed by atoms with E-state index in [-0.39, 0.29) is 11.9 Å². The van der Waals surface area contributed by atoms with E-state index in [0.29, 0.717) is 37.2 Å². The zero-order chi connectivity index (χ0) is 14.2. The number of imide groups is 1.